The molecule has 1 aliphatic heterocycles. The van der Waals surface area contributed by atoms with Crippen LogP contribution in [0.25, 0.3) is 0 Å². The van der Waals surface area contributed by atoms with Crippen molar-refractivity contribution < 1.29 is 29.6 Å². The Labute approximate surface area is 110 Å². The lowest BCUT2D eigenvalue weighted by molar-refractivity contribution is -0.281. The van der Waals surface area contributed by atoms with E-state index >= 15 is 0 Å². The largest absolute Gasteiger partial charge is 0.388 e. The molecule has 1 aliphatic rings. The second-order valence-corrected chi connectivity index (χ2v) is 4.36. The van der Waals surface area contributed by atoms with E-state index in [0.29, 0.717) is 0 Å². The van der Waals surface area contributed by atoms with Gasteiger partial charge in [-0.1, -0.05) is 30.3 Å². The average molecular weight is 268 g/mol. The highest BCUT2D eigenvalue weighted by molar-refractivity contribution is 5.56. The number of hydrogen-bond donors (Lipinski definition) is 3. The molecule has 0 spiro atoms. The summed E-state index contributed by atoms with van der Waals surface area (Å²) in [6, 6.07) is 9.01. The first-order chi connectivity index (χ1) is 9.13. The summed E-state index contributed by atoms with van der Waals surface area (Å²) < 4.78 is 10.7. The van der Waals surface area contributed by atoms with Crippen molar-refractivity contribution in [3.05, 3.63) is 35.9 Å². The molecule has 1 aromatic carbocycles. The van der Waals surface area contributed by atoms with Crippen molar-refractivity contribution >= 4 is 6.29 Å². The van der Waals surface area contributed by atoms with Crippen LogP contribution in [-0.4, -0.2) is 52.6 Å². The van der Waals surface area contributed by atoms with Crippen molar-refractivity contribution in [3.63, 3.8) is 0 Å². The standard InChI is InChI=1S/C13H16O6/c14-6-9(15)11(17)12-10(16)7-18-13(19-12)8-4-2-1-3-5-8/h1-6,9-13,15-17H,7H2/t9-,10+,11+,12-,13?/m0/s1. The topological polar surface area (TPSA) is 96.2 Å². The highest BCUT2D eigenvalue weighted by Gasteiger charge is 2.39. The van der Waals surface area contributed by atoms with Crippen LogP contribution in [0.15, 0.2) is 30.3 Å². The summed E-state index contributed by atoms with van der Waals surface area (Å²) in [6.07, 6.45) is -5.84. The lowest BCUT2D eigenvalue weighted by Gasteiger charge is -2.37. The van der Waals surface area contributed by atoms with E-state index in [1.807, 2.05) is 6.07 Å². The Kier molecular flexibility index (Phi) is 4.62. The zero-order valence-corrected chi connectivity index (χ0v) is 10.1. The lowest BCUT2D eigenvalue weighted by Crippen LogP contribution is -2.51. The summed E-state index contributed by atoms with van der Waals surface area (Å²) in [7, 11) is 0. The third-order valence-electron chi connectivity index (χ3n) is 2.98. The molecule has 2 rings (SSSR count). The molecule has 0 bridgehead atoms. The minimum atomic E-state index is -1.60. The molecule has 0 amide bonds. The van der Waals surface area contributed by atoms with Crippen molar-refractivity contribution in [2.24, 2.45) is 0 Å². The van der Waals surface area contributed by atoms with Gasteiger partial charge in [0.1, 0.15) is 24.4 Å². The number of ether oxygens (including phenoxy) is 2. The maximum atomic E-state index is 10.5. The third-order valence-corrected chi connectivity index (χ3v) is 2.98. The van der Waals surface area contributed by atoms with Gasteiger partial charge in [0.15, 0.2) is 12.6 Å². The third kappa shape index (κ3) is 3.17. The maximum absolute atomic E-state index is 10.5. The summed E-state index contributed by atoms with van der Waals surface area (Å²) >= 11 is 0. The molecule has 6 heteroatoms. The quantitative estimate of drug-likeness (QED) is 0.630. The number of rotatable bonds is 4. The number of aldehydes is 1. The fourth-order valence-electron chi connectivity index (χ4n) is 1.92. The van der Waals surface area contributed by atoms with Crippen LogP contribution in [0.5, 0.6) is 0 Å². The highest BCUT2D eigenvalue weighted by atomic mass is 16.7. The Morgan fingerprint density at radius 3 is 2.58 bits per heavy atom. The van der Waals surface area contributed by atoms with E-state index in [-0.39, 0.29) is 12.9 Å². The predicted octanol–water partition coefficient (Wildman–Crippen LogP) is -0.618. The summed E-state index contributed by atoms with van der Waals surface area (Å²) in [6.45, 7) is -0.0487. The zero-order chi connectivity index (χ0) is 13.8. The van der Waals surface area contributed by atoms with Gasteiger partial charge in [0, 0.05) is 5.56 Å². The van der Waals surface area contributed by atoms with Crippen LogP contribution in [-0.2, 0) is 14.3 Å². The molecule has 1 saturated heterocycles. The van der Waals surface area contributed by atoms with Gasteiger partial charge in [-0.25, -0.2) is 0 Å². The number of carbonyl (C=O) groups is 1. The molecule has 0 aromatic heterocycles. The van der Waals surface area contributed by atoms with Gasteiger partial charge in [-0.15, -0.1) is 0 Å². The van der Waals surface area contributed by atoms with Crippen LogP contribution < -0.4 is 0 Å². The number of aliphatic hydroxyl groups is 3. The van der Waals surface area contributed by atoms with Crippen LogP contribution in [0.2, 0.25) is 0 Å². The Bertz CT molecular complexity index is 409. The van der Waals surface area contributed by atoms with E-state index in [1.54, 1.807) is 24.3 Å². The number of aliphatic hydroxyl groups excluding tert-OH is 3. The Morgan fingerprint density at radius 2 is 1.95 bits per heavy atom. The molecule has 104 valence electrons. The summed E-state index contributed by atoms with van der Waals surface area (Å²) in [4.78, 5) is 10.5. The molecule has 0 aliphatic carbocycles. The smallest absolute Gasteiger partial charge is 0.184 e. The fourth-order valence-corrected chi connectivity index (χ4v) is 1.92. The second-order valence-electron chi connectivity index (χ2n) is 4.36. The number of hydrogen-bond acceptors (Lipinski definition) is 6. The van der Waals surface area contributed by atoms with Crippen LogP contribution in [0.1, 0.15) is 11.9 Å². The minimum absolute atomic E-state index is 0.0487. The van der Waals surface area contributed by atoms with Gasteiger partial charge in [-0.05, 0) is 0 Å². The molecule has 6 nitrogen and oxygen atoms in total. The van der Waals surface area contributed by atoms with Crippen molar-refractivity contribution in [1.29, 1.82) is 0 Å². The molecule has 19 heavy (non-hydrogen) atoms. The van der Waals surface area contributed by atoms with Crippen molar-refractivity contribution in [3.8, 4) is 0 Å². The summed E-state index contributed by atoms with van der Waals surface area (Å²) in [5, 5.41) is 28.8. The highest BCUT2D eigenvalue weighted by Crippen LogP contribution is 2.28. The van der Waals surface area contributed by atoms with E-state index < -0.39 is 30.7 Å². The second kappa shape index (κ2) is 6.23. The fraction of sp³-hybridized carbons (Fsp3) is 0.462. The maximum Gasteiger partial charge on any atom is 0.184 e. The van der Waals surface area contributed by atoms with Crippen molar-refractivity contribution in [1.82, 2.24) is 0 Å². The SMILES string of the molecule is O=C[C@H](O)[C@@H](O)[C@H]1OC(c2ccccc2)OC[C@H]1O. The van der Waals surface area contributed by atoms with Gasteiger partial charge in [0.25, 0.3) is 0 Å². The zero-order valence-electron chi connectivity index (χ0n) is 10.1. The van der Waals surface area contributed by atoms with E-state index in [2.05, 4.69) is 0 Å². The Hall–Kier alpha value is -1.31. The van der Waals surface area contributed by atoms with Crippen molar-refractivity contribution in [2.75, 3.05) is 6.61 Å². The van der Waals surface area contributed by atoms with Crippen LogP contribution >= 0.6 is 0 Å². The van der Waals surface area contributed by atoms with E-state index in [0.717, 1.165) is 5.56 Å². The number of benzene rings is 1. The summed E-state index contributed by atoms with van der Waals surface area (Å²) in [5.41, 5.74) is 0.729. The van der Waals surface area contributed by atoms with Gasteiger partial charge in [0.05, 0.1) is 6.61 Å². The van der Waals surface area contributed by atoms with Crippen LogP contribution in [0.4, 0.5) is 0 Å². The molecule has 0 radical (unpaired) electrons. The lowest BCUT2D eigenvalue weighted by atomic mass is 10.0. The number of carbonyl (C=O) groups excluding carboxylic acids is 1. The molecule has 5 atom stereocenters. The molecule has 0 saturated carbocycles. The van der Waals surface area contributed by atoms with Gasteiger partial charge in [0.2, 0.25) is 0 Å². The monoisotopic (exact) mass is 268 g/mol. The van der Waals surface area contributed by atoms with Crippen molar-refractivity contribution in [2.45, 2.75) is 30.7 Å². The first kappa shape index (κ1) is 14.1. The molecule has 1 heterocycles. The van der Waals surface area contributed by atoms with Gasteiger partial charge >= 0.3 is 0 Å². The summed E-state index contributed by atoms with van der Waals surface area (Å²) in [5.74, 6) is 0. The van der Waals surface area contributed by atoms with E-state index in [4.69, 9.17) is 9.47 Å². The first-order valence-corrected chi connectivity index (χ1v) is 5.95. The van der Waals surface area contributed by atoms with Crippen LogP contribution in [0, 0.1) is 0 Å². The Morgan fingerprint density at radius 1 is 1.26 bits per heavy atom. The average Bonchev–Trinajstić information content (AvgIpc) is 2.47. The molecule has 1 unspecified atom stereocenters. The van der Waals surface area contributed by atoms with Gasteiger partial charge in [-0.3, -0.25) is 0 Å². The Balaban J connectivity index is 2.10. The normalized spacial score (nSPS) is 30.6. The van der Waals surface area contributed by atoms with Gasteiger partial charge < -0.3 is 29.6 Å². The molecule has 1 fully saturated rings. The van der Waals surface area contributed by atoms with E-state index in [9.17, 15) is 20.1 Å². The predicted molar refractivity (Wildman–Crippen MR) is 64.1 cm³/mol. The molecule has 3 N–H and O–H groups in total. The first-order valence-electron chi connectivity index (χ1n) is 5.95. The molecule has 1 aromatic rings. The molecular formula is C13H16O6. The van der Waals surface area contributed by atoms with E-state index in [1.165, 1.54) is 0 Å². The van der Waals surface area contributed by atoms with Gasteiger partial charge in [-0.2, -0.15) is 0 Å². The molecular weight excluding hydrogens is 252 g/mol. The minimum Gasteiger partial charge on any atom is -0.388 e. The van der Waals surface area contributed by atoms with Crippen LogP contribution in [0.3, 0.4) is 0 Å².